The largest absolute Gasteiger partial charge is 0.268 e. The van der Waals surface area contributed by atoms with Gasteiger partial charge in [-0.2, -0.15) is 5.10 Å². The summed E-state index contributed by atoms with van der Waals surface area (Å²) in [6.45, 7) is 6.44. The van der Waals surface area contributed by atoms with Crippen LogP contribution < -0.4 is 4.72 Å². The molecule has 116 valence electrons. The summed E-state index contributed by atoms with van der Waals surface area (Å²) >= 11 is 1.49. The maximum Gasteiger partial charge on any atom is 0.244 e. The highest BCUT2D eigenvalue weighted by Crippen LogP contribution is 2.30. The molecular weight excluding hydrogens is 306 g/mol. The van der Waals surface area contributed by atoms with E-state index in [2.05, 4.69) is 9.82 Å². The number of rotatable bonds is 7. The Morgan fingerprint density at radius 3 is 2.76 bits per heavy atom. The van der Waals surface area contributed by atoms with Gasteiger partial charge in [-0.1, -0.05) is 19.4 Å². The molecule has 0 saturated carbocycles. The van der Waals surface area contributed by atoms with Crippen molar-refractivity contribution in [2.45, 2.75) is 44.6 Å². The summed E-state index contributed by atoms with van der Waals surface area (Å²) in [5.74, 6) is 0. The summed E-state index contributed by atoms with van der Waals surface area (Å²) in [5, 5.41) is 6.38. The van der Waals surface area contributed by atoms with E-state index in [9.17, 15) is 8.42 Å². The molecule has 2 heterocycles. The highest BCUT2D eigenvalue weighted by Gasteiger charge is 2.24. The number of unbranched alkanes of at least 4 members (excludes halogenated alkanes) is 1. The van der Waals surface area contributed by atoms with Gasteiger partial charge in [-0.25, -0.2) is 13.1 Å². The quantitative estimate of drug-likeness (QED) is 0.794. The van der Waals surface area contributed by atoms with Crippen molar-refractivity contribution in [2.24, 2.45) is 0 Å². The van der Waals surface area contributed by atoms with Crippen molar-refractivity contribution in [1.29, 1.82) is 0 Å². The SMILES string of the molecule is CCCCNS(=O)(=O)c1cn(C(C)C)nc1-c1cccs1. The van der Waals surface area contributed by atoms with E-state index < -0.39 is 10.0 Å². The molecule has 0 bridgehead atoms. The second kappa shape index (κ2) is 6.72. The summed E-state index contributed by atoms with van der Waals surface area (Å²) in [6.07, 6.45) is 3.39. The molecule has 0 atom stereocenters. The predicted octanol–water partition coefficient (Wildman–Crippen LogP) is 3.27. The number of hydrogen-bond acceptors (Lipinski definition) is 4. The topological polar surface area (TPSA) is 64.0 Å². The second-order valence-electron chi connectivity index (χ2n) is 5.14. The first-order valence-corrected chi connectivity index (χ1v) is 9.44. The van der Waals surface area contributed by atoms with Gasteiger partial charge in [0, 0.05) is 18.8 Å². The van der Waals surface area contributed by atoms with Crippen molar-refractivity contribution < 1.29 is 8.42 Å². The third-order valence-corrected chi connectivity index (χ3v) is 5.43. The molecule has 5 nitrogen and oxygen atoms in total. The molecular formula is C14H21N3O2S2. The van der Waals surface area contributed by atoms with Crippen molar-refractivity contribution in [2.75, 3.05) is 6.54 Å². The maximum atomic E-state index is 12.5. The van der Waals surface area contributed by atoms with Crippen LogP contribution in [0.25, 0.3) is 10.6 Å². The fourth-order valence-electron chi connectivity index (χ4n) is 1.88. The van der Waals surface area contributed by atoms with Gasteiger partial charge in [0.05, 0.1) is 4.88 Å². The Morgan fingerprint density at radius 2 is 2.19 bits per heavy atom. The lowest BCUT2D eigenvalue weighted by Crippen LogP contribution is -2.24. The molecule has 0 fully saturated rings. The Morgan fingerprint density at radius 1 is 1.43 bits per heavy atom. The average molecular weight is 327 g/mol. The van der Waals surface area contributed by atoms with Crippen molar-refractivity contribution in [3.8, 4) is 10.6 Å². The molecule has 0 aliphatic carbocycles. The van der Waals surface area contributed by atoms with Gasteiger partial charge < -0.3 is 0 Å². The molecule has 0 saturated heterocycles. The second-order valence-corrected chi connectivity index (χ2v) is 7.83. The van der Waals surface area contributed by atoms with Crippen LogP contribution >= 0.6 is 11.3 Å². The first-order chi connectivity index (χ1) is 9.95. The molecule has 0 aliphatic heterocycles. The molecule has 2 rings (SSSR count). The van der Waals surface area contributed by atoms with Crippen LogP contribution in [0.4, 0.5) is 0 Å². The number of thiophene rings is 1. The zero-order chi connectivity index (χ0) is 15.5. The highest BCUT2D eigenvalue weighted by molar-refractivity contribution is 7.89. The smallest absolute Gasteiger partial charge is 0.244 e. The number of sulfonamides is 1. The zero-order valence-electron chi connectivity index (χ0n) is 12.5. The minimum Gasteiger partial charge on any atom is -0.268 e. The molecule has 1 N–H and O–H groups in total. The summed E-state index contributed by atoms with van der Waals surface area (Å²) < 4.78 is 29.4. The van der Waals surface area contributed by atoms with Gasteiger partial charge in [-0.3, -0.25) is 4.68 Å². The van der Waals surface area contributed by atoms with Crippen LogP contribution in [0.15, 0.2) is 28.6 Å². The van der Waals surface area contributed by atoms with E-state index in [1.54, 1.807) is 10.9 Å². The van der Waals surface area contributed by atoms with E-state index in [0.717, 1.165) is 17.7 Å². The minimum absolute atomic E-state index is 0.114. The Kier molecular flexibility index (Phi) is 5.18. The molecule has 2 aromatic heterocycles. The van der Waals surface area contributed by atoms with E-state index in [1.165, 1.54) is 11.3 Å². The average Bonchev–Trinajstić information content (AvgIpc) is 3.08. The van der Waals surface area contributed by atoms with E-state index in [0.29, 0.717) is 12.2 Å². The van der Waals surface area contributed by atoms with Crippen molar-refractivity contribution >= 4 is 21.4 Å². The number of nitrogens with zero attached hydrogens (tertiary/aromatic N) is 2. The van der Waals surface area contributed by atoms with Crippen molar-refractivity contribution in [3.63, 3.8) is 0 Å². The van der Waals surface area contributed by atoms with Crippen LogP contribution in [0, 0.1) is 0 Å². The van der Waals surface area contributed by atoms with Crippen molar-refractivity contribution in [3.05, 3.63) is 23.7 Å². The molecule has 2 aromatic rings. The third kappa shape index (κ3) is 3.72. The Balaban J connectivity index is 2.42. The van der Waals surface area contributed by atoms with Crippen LogP contribution in [0.1, 0.15) is 39.7 Å². The van der Waals surface area contributed by atoms with Crippen molar-refractivity contribution in [1.82, 2.24) is 14.5 Å². The van der Waals surface area contributed by atoms with Crippen LogP contribution in [0.5, 0.6) is 0 Å². The molecule has 0 amide bonds. The molecule has 0 spiro atoms. The number of aromatic nitrogens is 2. The van der Waals surface area contributed by atoms with Gasteiger partial charge in [0.25, 0.3) is 0 Å². The zero-order valence-corrected chi connectivity index (χ0v) is 14.2. The normalized spacial score (nSPS) is 12.2. The van der Waals surface area contributed by atoms with E-state index >= 15 is 0 Å². The number of nitrogens with one attached hydrogen (secondary N) is 1. The molecule has 21 heavy (non-hydrogen) atoms. The van der Waals surface area contributed by atoms with Gasteiger partial charge in [0.15, 0.2) is 0 Å². The first kappa shape index (κ1) is 16.2. The van der Waals surface area contributed by atoms with Crippen LogP contribution in [-0.2, 0) is 10.0 Å². The summed E-state index contributed by atoms with van der Waals surface area (Å²) in [7, 11) is -3.53. The Hall–Kier alpha value is -1.18. The fraction of sp³-hybridized carbons (Fsp3) is 0.500. The van der Waals surface area contributed by atoms with Gasteiger partial charge in [-0.15, -0.1) is 11.3 Å². The first-order valence-electron chi connectivity index (χ1n) is 7.08. The van der Waals surface area contributed by atoms with E-state index in [1.807, 2.05) is 38.3 Å². The summed E-state index contributed by atoms with van der Waals surface area (Å²) in [6, 6.07) is 3.90. The Bertz CT molecular complexity index is 673. The highest BCUT2D eigenvalue weighted by atomic mass is 32.2. The Labute approximate surface area is 130 Å². The molecule has 0 aliphatic rings. The third-order valence-electron chi connectivity index (χ3n) is 3.09. The van der Waals surface area contributed by atoms with Crippen LogP contribution in [0.2, 0.25) is 0 Å². The minimum atomic E-state index is -3.53. The summed E-state index contributed by atoms with van der Waals surface area (Å²) in [5.41, 5.74) is 0.530. The maximum absolute atomic E-state index is 12.5. The van der Waals surface area contributed by atoms with Crippen LogP contribution in [-0.4, -0.2) is 24.7 Å². The monoisotopic (exact) mass is 327 g/mol. The molecule has 7 heteroatoms. The molecule has 0 radical (unpaired) electrons. The lowest BCUT2D eigenvalue weighted by atomic mass is 10.3. The number of hydrogen-bond donors (Lipinski definition) is 1. The van der Waals surface area contributed by atoms with Crippen LogP contribution in [0.3, 0.4) is 0 Å². The van der Waals surface area contributed by atoms with Gasteiger partial charge >= 0.3 is 0 Å². The molecule has 0 aromatic carbocycles. The lowest BCUT2D eigenvalue weighted by molar-refractivity contribution is 0.532. The predicted molar refractivity (Wildman–Crippen MR) is 86.0 cm³/mol. The van der Waals surface area contributed by atoms with Gasteiger partial charge in [-0.05, 0) is 31.7 Å². The summed E-state index contributed by atoms with van der Waals surface area (Å²) in [4.78, 5) is 1.13. The van der Waals surface area contributed by atoms with Gasteiger partial charge in [0.2, 0.25) is 10.0 Å². The molecule has 0 unspecified atom stereocenters. The van der Waals surface area contributed by atoms with E-state index in [4.69, 9.17) is 0 Å². The van der Waals surface area contributed by atoms with Gasteiger partial charge in [0.1, 0.15) is 10.6 Å². The standard InChI is InChI=1S/C14H21N3O2S2/c1-4-5-8-15-21(18,19)13-10-17(11(2)3)16-14(13)12-7-6-9-20-12/h6-7,9-11,15H,4-5,8H2,1-3H3. The van der Waals surface area contributed by atoms with E-state index in [-0.39, 0.29) is 10.9 Å². The fourth-order valence-corrected chi connectivity index (χ4v) is 3.89. The lowest BCUT2D eigenvalue weighted by Gasteiger charge is -2.05.